The average molecular weight is 347 g/mol. The molecule has 1 N–H and O–H groups in total. The summed E-state index contributed by atoms with van der Waals surface area (Å²) in [5.74, 6) is 0.0639. The Balaban J connectivity index is 1.54. The van der Waals surface area contributed by atoms with E-state index in [0.717, 1.165) is 18.4 Å². The molecule has 1 aromatic carbocycles. The molecule has 2 saturated carbocycles. The van der Waals surface area contributed by atoms with Crippen LogP contribution >= 0.6 is 0 Å². The molecule has 0 radical (unpaired) electrons. The fraction of sp³-hybridized carbons (Fsp3) is 0.579. The zero-order chi connectivity index (χ0) is 17.9. The number of amides is 1. The van der Waals surface area contributed by atoms with Gasteiger partial charge >= 0.3 is 12.1 Å². The van der Waals surface area contributed by atoms with Gasteiger partial charge in [0, 0.05) is 0 Å². The highest BCUT2D eigenvalue weighted by molar-refractivity contribution is 5.81. The van der Waals surface area contributed by atoms with E-state index in [2.05, 4.69) is 5.32 Å². The lowest BCUT2D eigenvalue weighted by molar-refractivity contribution is -0.149. The van der Waals surface area contributed by atoms with Crippen LogP contribution < -0.4 is 5.32 Å². The highest BCUT2D eigenvalue weighted by Crippen LogP contribution is 2.56. The molecule has 2 aliphatic rings. The maximum atomic E-state index is 12.1. The van der Waals surface area contributed by atoms with Gasteiger partial charge in [0.2, 0.25) is 0 Å². The topological polar surface area (TPSA) is 73.9 Å². The number of rotatable bonds is 8. The van der Waals surface area contributed by atoms with Gasteiger partial charge < -0.3 is 19.5 Å². The number of ether oxygens (including phenoxy) is 3. The standard InChI is InChI=1S/C19H25NO5/c1-13(25-19(10-11-19)15-8-9-15)16(17(21)23-2)20-18(22)24-12-14-6-4-3-5-7-14/h3-7,13,15-16H,8-12H2,1-2H3,(H,20,22)/t13-,16?/m1/s1. The summed E-state index contributed by atoms with van der Waals surface area (Å²) in [6.07, 6.45) is 3.28. The summed E-state index contributed by atoms with van der Waals surface area (Å²) in [5.41, 5.74) is 0.781. The van der Waals surface area contributed by atoms with Gasteiger partial charge in [0.25, 0.3) is 0 Å². The number of hydrogen-bond acceptors (Lipinski definition) is 5. The molecule has 1 aromatic rings. The summed E-state index contributed by atoms with van der Waals surface area (Å²) in [5, 5.41) is 2.59. The van der Waals surface area contributed by atoms with Crippen LogP contribution in [0.1, 0.15) is 38.2 Å². The number of benzene rings is 1. The Bertz CT molecular complexity index is 610. The first-order chi connectivity index (χ1) is 12.0. The Hall–Kier alpha value is -2.08. The average Bonchev–Trinajstić information content (AvgIpc) is 3.51. The predicted molar refractivity (Wildman–Crippen MR) is 90.8 cm³/mol. The van der Waals surface area contributed by atoms with Crippen molar-refractivity contribution in [1.82, 2.24) is 5.32 Å². The summed E-state index contributed by atoms with van der Waals surface area (Å²) >= 11 is 0. The largest absolute Gasteiger partial charge is 0.467 e. The second-order valence-electron chi connectivity index (χ2n) is 6.87. The number of hydrogen-bond donors (Lipinski definition) is 1. The minimum Gasteiger partial charge on any atom is -0.467 e. The molecule has 0 saturated heterocycles. The number of carbonyl (C=O) groups is 2. The Labute approximate surface area is 147 Å². The van der Waals surface area contributed by atoms with Crippen molar-refractivity contribution in [2.75, 3.05) is 7.11 Å². The van der Waals surface area contributed by atoms with E-state index in [1.54, 1.807) is 6.92 Å². The molecule has 2 aliphatic carbocycles. The van der Waals surface area contributed by atoms with Crippen molar-refractivity contribution in [1.29, 1.82) is 0 Å². The number of carbonyl (C=O) groups excluding carboxylic acids is 2. The Morgan fingerprint density at radius 1 is 1.24 bits per heavy atom. The number of nitrogens with one attached hydrogen (secondary N) is 1. The van der Waals surface area contributed by atoms with Crippen LogP contribution in [0.4, 0.5) is 4.79 Å². The zero-order valence-electron chi connectivity index (χ0n) is 14.7. The number of alkyl carbamates (subject to hydrolysis) is 1. The monoisotopic (exact) mass is 347 g/mol. The van der Waals surface area contributed by atoms with E-state index in [1.165, 1.54) is 20.0 Å². The Morgan fingerprint density at radius 3 is 2.48 bits per heavy atom. The molecular formula is C19H25NO5. The van der Waals surface area contributed by atoms with E-state index in [9.17, 15) is 9.59 Å². The minimum absolute atomic E-state index is 0.0959. The van der Waals surface area contributed by atoms with E-state index >= 15 is 0 Å². The zero-order valence-corrected chi connectivity index (χ0v) is 14.7. The normalized spacial score (nSPS) is 20.2. The first-order valence-electron chi connectivity index (χ1n) is 8.77. The second kappa shape index (κ2) is 7.44. The minimum atomic E-state index is -0.885. The maximum absolute atomic E-state index is 12.1. The van der Waals surface area contributed by atoms with Gasteiger partial charge in [-0.05, 0) is 44.1 Å². The molecule has 0 aliphatic heterocycles. The van der Waals surface area contributed by atoms with Crippen molar-refractivity contribution in [3.05, 3.63) is 35.9 Å². The van der Waals surface area contributed by atoms with E-state index in [-0.39, 0.29) is 12.2 Å². The van der Waals surface area contributed by atoms with Crippen LogP contribution in [-0.4, -0.2) is 36.9 Å². The van der Waals surface area contributed by atoms with Gasteiger partial charge in [0.15, 0.2) is 6.04 Å². The molecular weight excluding hydrogens is 322 g/mol. The van der Waals surface area contributed by atoms with Gasteiger partial charge in [0.1, 0.15) is 6.61 Å². The molecule has 0 spiro atoms. The van der Waals surface area contributed by atoms with Gasteiger partial charge in [-0.3, -0.25) is 0 Å². The third-order valence-corrected chi connectivity index (χ3v) is 4.90. The Kier molecular flexibility index (Phi) is 5.27. The Morgan fingerprint density at radius 2 is 1.92 bits per heavy atom. The van der Waals surface area contributed by atoms with Crippen molar-refractivity contribution in [3.63, 3.8) is 0 Å². The van der Waals surface area contributed by atoms with Crippen LogP contribution in [0.5, 0.6) is 0 Å². The molecule has 0 aromatic heterocycles. The smallest absolute Gasteiger partial charge is 0.408 e. The fourth-order valence-corrected chi connectivity index (χ4v) is 3.18. The molecule has 6 nitrogen and oxygen atoms in total. The molecule has 0 heterocycles. The fourth-order valence-electron chi connectivity index (χ4n) is 3.18. The SMILES string of the molecule is COC(=O)C(NC(=O)OCc1ccccc1)[C@@H](C)OC1(C2CC2)CC1. The van der Waals surface area contributed by atoms with E-state index in [4.69, 9.17) is 14.2 Å². The third-order valence-electron chi connectivity index (χ3n) is 4.90. The van der Waals surface area contributed by atoms with Crippen molar-refractivity contribution in [3.8, 4) is 0 Å². The lowest BCUT2D eigenvalue weighted by Crippen LogP contribution is -2.50. The lowest BCUT2D eigenvalue weighted by atomic mass is 10.1. The van der Waals surface area contributed by atoms with Crippen LogP contribution in [0.3, 0.4) is 0 Å². The van der Waals surface area contributed by atoms with Gasteiger partial charge in [0.05, 0.1) is 18.8 Å². The molecule has 1 unspecified atom stereocenters. The summed E-state index contributed by atoms with van der Waals surface area (Å²) in [7, 11) is 1.30. The molecule has 25 heavy (non-hydrogen) atoms. The molecule has 1 amide bonds. The lowest BCUT2D eigenvalue weighted by Gasteiger charge is -2.27. The van der Waals surface area contributed by atoms with E-state index in [0.29, 0.717) is 5.92 Å². The molecule has 6 heteroatoms. The van der Waals surface area contributed by atoms with Crippen LogP contribution in [0.15, 0.2) is 30.3 Å². The van der Waals surface area contributed by atoms with Crippen LogP contribution in [-0.2, 0) is 25.6 Å². The van der Waals surface area contributed by atoms with Gasteiger partial charge in [-0.15, -0.1) is 0 Å². The summed E-state index contributed by atoms with van der Waals surface area (Å²) in [6.45, 7) is 1.93. The van der Waals surface area contributed by atoms with Crippen molar-refractivity contribution >= 4 is 12.1 Å². The molecule has 3 rings (SSSR count). The van der Waals surface area contributed by atoms with E-state index < -0.39 is 24.2 Å². The summed E-state index contributed by atoms with van der Waals surface area (Å²) < 4.78 is 16.2. The maximum Gasteiger partial charge on any atom is 0.408 e. The van der Waals surface area contributed by atoms with Gasteiger partial charge in [-0.1, -0.05) is 30.3 Å². The number of methoxy groups -OCH3 is 1. The number of esters is 1. The van der Waals surface area contributed by atoms with Gasteiger partial charge in [-0.25, -0.2) is 9.59 Å². The second-order valence-corrected chi connectivity index (χ2v) is 6.87. The van der Waals surface area contributed by atoms with Crippen molar-refractivity contribution in [2.24, 2.45) is 5.92 Å². The van der Waals surface area contributed by atoms with Crippen molar-refractivity contribution in [2.45, 2.75) is 57.0 Å². The quantitative estimate of drug-likeness (QED) is 0.732. The molecule has 2 fully saturated rings. The van der Waals surface area contributed by atoms with Gasteiger partial charge in [-0.2, -0.15) is 0 Å². The molecule has 0 bridgehead atoms. The van der Waals surface area contributed by atoms with E-state index in [1.807, 2.05) is 30.3 Å². The van der Waals surface area contributed by atoms with Crippen LogP contribution in [0.25, 0.3) is 0 Å². The summed E-state index contributed by atoms with van der Waals surface area (Å²) in [4.78, 5) is 24.2. The van der Waals surface area contributed by atoms with Crippen LogP contribution in [0.2, 0.25) is 0 Å². The molecule has 136 valence electrons. The molecule has 2 atom stereocenters. The first-order valence-corrected chi connectivity index (χ1v) is 8.77. The van der Waals surface area contributed by atoms with Crippen LogP contribution in [0, 0.1) is 5.92 Å². The highest BCUT2D eigenvalue weighted by Gasteiger charge is 2.56. The first kappa shape index (κ1) is 17.7. The highest BCUT2D eigenvalue weighted by atomic mass is 16.6. The van der Waals surface area contributed by atoms with Crippen molar-refractivity contribution < 1.29 is 23.8 Å². The summed E-state index contributed by atoms with van der Waals surface area (Å²) in [6, 6.07) is 8.48. The predicted octanol–water partition coefficient (Wildman–Crippen LogP) is 2.80. The third kappa shape index (κ3) is 4.51.